The molecule has 0 bridgehead atoms. The zero-order valence-electron chi connectivity index (χ0n) is 13.0. The topological polar surface area (TPSA) is 63.3 Å². The third kappa shape index (κ3) is 2.90. The average molecular weight is 339 g/mol. The fraction of sp³-hybridized carbons (Fsp3) is 0.167. The molecule has 0 spiro atoms. The van der Waals surface area contributed by atoms with E-state index in [4.69, 9.17) is 16.0 Å². The van der Waals surface area contributed by atoms with Crippen LogP contribution < -0.4 is 5.32 Å². The van der Waals surface area contributed by atoms with E-state index in [1.165, 1.54) is 0 Å². The Hall–Kier alpha value is -2.66. The van der Waals surface area contributed by atoms with Crippen LogP contribution in [0.15, 0.2) is 57.9 Å². The summed E-state index contributed by atoms with van der Waals surface area (Å²) in [5.41, 5.74) is 2.77. The second-order valence-electron chi connectivity index (χ2n) is 5.73. The third-order valence-electron chi connectivity index (χ3n) is 3.83. The van der Waals surface area contributed by atoms with Crippen LogP contribution in [-0.2, 0) is 0 Å². The Kier molecular flexibility index (Phi) is 3.78. The predicted octanol–water partition coefficient (Wildman–Crippen LogP) is 3.80. The number of halogens is 1. The molecule has 0 fully saturated rings. The highest BCUT2D eigenvalue weighted by Crippen LogP contribution is 2.25. The molecular weight excluding hydrogens is 324 g/mol. The standard InChI is InChI=1S/C18H15ClN4O/c1-11-10-20-16(21-11)12-2-4-13(5-3-12)17-22-23-18(24-17)14-6-8-15(19)9-7-14/h2-9,11H,10H2,1H3,(H,20,21). The van der Waals surface area contributed by atoms with E-state index in [1.807, 2.05) is 36.4 Å². The van der Waals surface area contributed by atoms with Gasteiger partial charge in [-0.05, 0) is 43.3 Å². The van der Waals surface area contributed by atoms with Crippen LogP contribution in [0.5, 0.6) is 0 Å². The van der Waals surface area contributed by atoms with E-state index in [1.54, 1.807) is 12.1 Å². The number of nitrogens with zero attached hydrogens (tertiary/aromatic N) is 3. The van der Waals surface area contributed by atoms with E-state index in [9.17, 15) is 0 Å². The van der Waals surface area contributed by atoms with E-state index in [0.717, 1.165) is 29.1 Å². The molecule has 3 aromatic rings. The Labute approximate surface area is 144 Å². The van der Waals surface area contributed by atoms with Crippen LogP contribution in [0, 0.1) is 0 Å². The van der Waals surface area contributed by atoms with Crippen molar-refractivity contribution >= 4 is 17.4 Å². The van der Waals surface area contributed by atoms with Crippen LogP contribution in [0.4, 0.5) is 0 Å². The van der Waals surface area contributed by atoms with Gasteiger partial charge in [0, 0.05) is 27.8 Å². The number of hydrogen-bond acceptors (Lipinski definition) is 5. The van der Waals surface area contributed by atoms with Gasteiger partial charge in [0.1, 0.15) is 5.84 Å². The van der Waals surface area contributed by atoms with Crippen LogP contribution in [0.1, 0.15) is 12.5 Å². The Morgan fingerprint density at radius 2 is 1.46 bits per heavy atom. The van der Waals surface area contributed by atoms with Gasteiger partial charge >= 0.3 is 0 Å². The molecule has 1 N–H and O–H groups in total. The Morgan fingerprint density at radius 3 is 2.00 bits per heavy atom. The van der Waals surface area contributed by atoms with Crippen molar-refractivity contribution in [2.75, 3.05) is 6.54 Å². The van der Waals surface area contributed by atoms with Crippen molar-refractivity contribution in [2.45, 2.75) is 13.0 Å². The summed E-state index contributed by atoms with van der Waals surface area (Å²) >= 11 is 5.90. The molecule has 2 aromatic carbocycles. The molecule has 1 unspecified atom stereocenters. The molecule has 4 rings (SSSR count). The maximum Gasteiger partial charge on any atom is 0.248 e. The largest absolute Gasteiger partial charge is 0.416 e. The Morgan fingerprint density at radius 1 is 0.917 bits per heavy atom. The molecule has 0 amide bonds. The molecule has 24 heavy (non-hydrogen) atoms. The van der Waals surface area contributed by atoms with Gasteiger partial charge in [-0.25, -0.2) is 0 Å². The van der Waals surface area contributed by atoms with Crippen LogP contribution in [0.25, 0.3) is 22.9 Å². The number of benzene rings is 2. The number of nitrogens with one attached hydrogen (secondary N) is 1. The number of amidine groups is 1. The van der Waals surface area contributed by atoms with E-state index in [-0.39, 0.29) is 0 Å². The molecule has 5 nitrogen and oxygen atoms in total. The molecule has 6 heteroatoms. The summed E-state index contributed by atoms with van der Waals surface area (Å²) in [6, 6.07) is 15.6. The molecule has 1 aliphatic heterocycles. The highest BCUT2D eigenvalue weighted by atomic mass is 35.5. The summed E-state index contributed by atoms with van der Waals surface area (Å²) in [6.45, 7) is 2.92. The minimum atomic E-state index is 0.387. The van der Waals surface area contributed by atoms with Gasteiger partial charge in [0.05, 0.1) is 6.54 Å². The maximum atomic E-state index is 5.90. The van der Waals surface area contributed by atoms with Crippen molar-refractivity contribution in [1.82, 2.24) is 15.5 Å². The van der Waals surface area contributed by atoms with Gasteiger partial charge in [0.2, 0.25) is 11.8 Å². The highest BCUT2D eigenvalue weighted by Gasteiger charge is 2.15. The van der Waals surface area contributed by atoms with Crippen molar-refractivity contribution in [3.8, 4) is 22.9 Å². The molecule has 1 aromatic heterocycles. The Bertz CT molecular complexity index is 884. The number of aliphatic imine (C=N–C) groups is 1. The third-order valence-corrected chi connectivity index (χ3v) is 4.08. The van der Waals surface area contributed by atoms with E-state index in [2.05, 4.69) is 27.4 Å². The summed E-state index contributed by atoms with van der Waals surface area (Å²) in [5, 5.41) is 12.3. The first-order valence-corrected chi connectivity index (χ1v) is 8.08. The minimum absolute atomic E-state index is 0.387. The lowest BCUT2D eigenvalue weighted by molar-refractivity contribution is 0.584. The fourth-order valence-electron chi connectivity index (χ4n) is 2.55. The zero-order valence-corrected chi connectivity index (χ0v) is 13.8. The smallest absolute Gasteiger partial charge is 0.248 e. The van der Waals surface area contributed by atoms with Crippen LogP contribution in [0.3, 0.4) is 0 Å². The van der Waals surface area contributed by atoms with Crippen molar-refractivity contribution in [2.24, 2.45) is 4.99 Å². The summed E-state index contributed by atoms with van der Waals surface area (Å²) in [4.78, 5) is 4.48. The summed E-state index contributed by atoms with van der Waals surface area (Å²) in [6.07, 6.45) is 0. The van der Waals surface area contributed by atoms with Gasteiger partial charge in [0.25, 0.3) is 0 Å². The lowest BCUT2D eigenvalue weighted by Gasteiger charge is -2.06. The predicted molar refractivity (Wildman–Crippen MR) is 94.2 cm³/mol. The van der Waals surface area contributed by atoms with Crippen molar-refractivity contribution < 1.29 is 4.42 Å². The molecule has 0 saturated carbocycles. The second-order valence-corrected chi connectivity index (χ2v) is 6.17. The van der Waals surface area contributed by atoms with Gasteiger partial charge in [-0.1, -0.05) is 23.7 Å². The van der Waals surface area contributed by atoms with E-state index in [0.29, 0.717) is 22.8 Å². The highest BCUT2D eigenvalue weighted by molar-refractivity contribution is 6.30. The van der Waals surface area contributed by atoms with Gasteiger partial charge in [-0.2, -0.15) is 0 Å². The zero-order chi connectivity index (χ0) is 16.5. The molecule has 2 heterocycles. The number of rotatable bonds is 3. The van der Waals surface area contributed by atoms with E-state index < -0.39 is 0 Å². The van der Waals surface area contributed by atoms with Crippen LogP contribution >= 0.6 is 11.6 Å². The number of hydrogen-bond donors (Lipinski definition) is 1. The Balaban J connectivity index is 1.57. The van der Waals surface area contributed by atoms with Gasteiger partial charge in [0.15, 0.2) is 0 Å². The number of aromatic nitrogens is 2. The first kappa shape index (κ1) is 14.9. The molecule has 0 saturated heterocycles. The van der Waals surface area contributed by atoms with Gasteiger partial charge in [-0.3, -0.25) is 4.99 Å². The molecule has 120 valence electrons. The van der Waals surface area contributed by atoms with Crippen LogP contribution in [0.2, 0.25) is 5.02 Å². The molecule has 0 radical (unpaired) electrons. The fourth-order valence-corrected chi connectivity index (χ4v) is 2.67. The first-order chi connectivity index (χ1) is 11.7. The monoisotopic (exact) mass is 338 g/mol. The molecular formula is C18H15ClN4O. The normalized spacial score (nSPS) is 16.8. The average Bonchev–Trinajstić information content (AvgIpc) is 3.25. The lowest BCUT2D eigenvalue weighted by Crippen LogP contribution is -2.27. The lowest BCUT2D eigenvalue weighted by atomic mass is 10.1. The summed E-state index contributed by atoms with van der Waals surface area (Å²) < 4.78 is 5.77. The van der Waals surface area contributed by atoms with Crippen molar-refractivity contribution in [1.29, 1.82) is 0 Å². The van der Waals surface area contributed by atoms with E-state index >= 15 is 0 Å². The van der Waals surface area contributed by atoms with Gasteiger partial charge < -0.3 is 9.73 Å². The molecule has 0 aliphatic carbocycles. The van der Waals surface area contributed by atoms with Crippen LogP contribution in [-0.4, -0.2) is 28.6 Å². The molecule has 1 atom stereocenters. The van der Waals surface area contributed by atoms with Gasteiger partial charge in [-0.15, -0.1) is 10.2 Å². The van der Waals surface area contributed by atoms with Crippen molar-refractivity contribution in [3.63, 3.8) is 0 Å². The second kappa shape index (κ2) is 6.09. The molecule has 1 aliphatic rings. The first-order valence-electron chi connectivity index (χ1n) is 7.70. The summed E-state index contributed by atoms with van der Waals surface area (Å²) in [7, 11) is 0. The summed E-state index contributed by atoms with van der Waals surface area (Å²) in [5.74, 6) is 1.89. The minimum Gasteiger partial charge on any atom is -0.416 e. The maximum absolute atomic E-state index is 5.90. The quantitative estimate of drug-likeness (QED) is 0.789. The SMILES string of the molecule is CC1CN=C(c2ccc(-c3nnc(-c4ccc(Cl)cc4)o3)cc2)N1. The van der Waals surface area contributed by atoms with Crippen molar-refractivity contribution in [3.05, 3.63) is 59.1 Å².